The molecule has 3 heteroatoms. The summed E-state index contributed by atoms with van der Waals surface area (Å²) in [5, 5.41) is 0. The van der Waals surface area contributed by atoms with Crippen LogP contribution in [0.1, 0.15) is 74.7 Å². The van der Waals surface area contributed by atoms with Crippen LogP contribution < -0.4 is 4.74 Å². The van der Waals surface area contributed by atoms with Gasteiger partial charge in [-0.3, -0.25) is 4.79 Å². The largest absolute Gasteiger partial charge is 0.439 e. The fourth-order valence-corrected chi connectivity index (χ4v) is 5.33. The smallest absolute Gasteiger partial charge is 0.219 e. The number of Topliss-reactive ketones (excluding diaryl/α,β-unsaturated/α-hetero) is 1. The molecule has 0 unspecified atom stereocenters. The Bertz CT molecular complexity index is 772. The minimum absolute atomic E-state index is 0.102. The number of ether oxygens (including phenoxy) is 1. The molecule has 27 heavy (non-hydrogen) atoms. The minimum Gasteiger partial charge on any atom is -0.439 e. The molecular formula is C24H29NO2. The summed E-state index contributed by atoms with van der Waals surface area (Å²) in [5.41, 5.74) is 2.41. The van der Waals surface area contributed by atoms with Crippen molar-refractivity contribution in [1.82, 2.24) is 4.98 Å². The van der Waals surface area contributed by atoms with E-state index in [1.807, 2.05) is 6.92 Å². The average molecular weight is 364 g/mol. The summed E-state index contributed by atoms with van der Waals surface area (Å²) in [7, 11) is 0. The van der Waals surface area contributed by atoms with Crippen molar-refractivity contribution in [3.63, 3.8) is 0 Å². The molecule has 2 aromatic rings. The highest BCUT2D eigenvalue weighted by Gasteiger charge is 2.46. The Hall–Kier alpha value is -2.16. The van der Waals surface area contributed by atoms with Gasteiger partial charge in [-0.1, -0.05) is 38.8 Å². The molecule has 0 radical (unpaired) electrons. The van der Waals surface area contributed by atoms with Gasteiger partial charge in [0, 0.05) is 24.2 Å². The first kappa shape index (κ1) is 18.2. The third kappa shape index (κ3) is 3.40. The molecule has 0 N–H and O–H groups in total. The molecule has 2 bridgehead atoms. The van der Waals surface area contributed by atoms with Crippen LogP contribution in [0.25, 0.3) is 0 Å². The Morgan fingerprint density at radius 3 is 2.19 bits per heavy atom. The number of carbonyl (C=O) groups excluding carboxylic acids is 1. The molecular weight excluding hydrogens is 334 g/mol. The molecule has 0 atom stereocenters. The normalized spacial score (nSPS) is 27.2. The van der Waals surface area contributed by atoms with E-state index in [2.05, 4.69) is 36.2 Å². The molecule has 3 nitrogen and oxygen atoms in total. The van der Waals surface area contributed by atoms with E-state index >= 15 is 0 Å². The molecule has 0 spiro atoms. The van der Waals surface area contributed by atoms with E-state index in [4.69, 9.17) is 4.74 Å². The highest BCUT2D eigenvalue weighted by atomic mass is 16.5. The zero-order valence-corrected chi connectivity index (χ0v) is 16.4. The van der Waals surface area contributed by atoms with Crippen molar-refractivity contribution in [1.29, 1.82) is 0 Å². The molecule has 2 saturated carbocycles. The Morgan fingerprint density at radius 2 is 1.67 bits per heavy atom. The molecule has 2 aliphatic carbocycles. The summed E-state index contributed by atoms with van der Waals surface area (Å²) in [4.78, 5) is 16.0. The van der Waals surface area contributed by atoms with Gasteiger partial charge in [0.1, 0.15) is 5.75 Å². The van der Waals surface area contributed by atoms with E-state index in [9.17, 15) is 4.79 Å². The number of fused-ring (bicyclic) bond motifs is 2. The Labute approximate surface area is 162 Å². The van der Waals surface area contributed by atoms with E-state index in [-0.39, 0.29) is 5.78 Å². The van der Waals surface area contributed by atoms with Gasteiger partial charge in [0.25, 0.3) is 0 Å². The predicted octanol–water partition coefficient (Wildman–Crippen LogP) is 6.32. The number of ketones is 1. The number of pyridine rings is 1. The lowest BCUT2D eigenvalue weighted by Crippen LogP contribution is -2.45. The summed E-state index contributed by atoms with van der Waals surface area (Å²) in [6, 6.07) is 12.2. The molecule has 2 aliphatic rings. The van der Waals surface area contributed by atoms with E-state index < -0.39 is 0 Å². The maximum Gasteiger partial charge on any atom is 0.219 e. The third-order valence-corrected chi connectivity index (χ3v) is 6.98. The van der Waals surface area contributed by atoms with Crippen LogP contribution in [0.2, 0.25) is 0 Å². The van der Waals surface area contributed by atoms with Crippen molar-refractivity contribution < 1.29 is 9.53 Å². The number of carbonyl (C=O) groups is 1. The Morgan fingerprint density at radius 1 is 1.04 bits per heavy atom. The average Bonchev–Trinajstić information content (AvgIpc) is 2.68. The molecule has 0 amide bonds. The SMILES string of the molecule is CCC(=O)c1ccc(Oc2ccc(C3(C)C4CCCC3CCC4)cc2)nc1. The zero-order valence-electron chi connectivity index (χ0n) is 16.4. The van der Waals surface area contributed by atoms with Crippen LogP contribution in [0.4, 0.5) is 0 Å². The van der Waals surface area contributed by atoms with Crippen molar-refractivity contribution in [2.75, 3.05) is 0 Å². The van der Waals surface area contributed by atoms with Crippen LogP contribution in [0, 0.1) is 11.8 Å². The molecule has 1 aromatic heterocycles. The van der Waals surface area contributed by atoms with Crippen LogP contribution in [-0.4, -0.2) is 10.8 Å². The number of hydrogen-bond acceptors (Lipinski definition) is 3. The van der Waals surface area contributed by atoms with Crippen LogP contribution in [-0.2, 0) is 5.41 Å². The molecule has 4 rings (SSSR count). The minimum atomic E-state index is 0.102. The number of aromatic nitrogens is 1. The van der Waals surface area contributed by atoms with Crippen molar-refractivity contribution >= 4 is 5.78 Å². The number of nitrogens with zero attached hydrogens (tertiary/aromatic N) is 1. The lowest BCUT2D eigenvalue weighted by molar-refractivity contribution is 0.0666. The summed E-state index contributed by atoms with van der Waals surface area (Å²) in [6.07, 6.45) is 10.4. The molecule has 0 aliphatic heterocycles. The first-order valence-corrected chi connectivity index (χ1v) is 10.4. The van der Waals surface area contributed by atoms with Gasteiger partial charge in [-0.15, -0.1) is 0 Å². The van der Waals surface area contributed by atoms with Crippen molar-refractivity contribution in [3.8, 4) is 11.6 Å². The fraction of sp³-hybridized carbons (Fsp3) is 0.500. The van der Waals surface area contributed by atoms with Crippen molar-refractivity contribution in [3.05, 3.63) is 53.7 Å². The first-order valence-electron chi connectivity index (χ1n) is 10.4. The van der Waals surface area contributed by atoms with E-state index in [0.29, 0.717) is 23.3 Å². The van der Waals surface area contributed by atoms with Gasteiger partial charge in [-0.05, 0) is 66.7 Å². The van der Waals surface area contributed by atoms with Gasteiger partial charge < -0.3 is 4.74 Å². The molecule has 1 aromatic carbocycles. The topological polar surface area (TPSA) is 39.2 Å². The second-order valence-corrected chi connectivity index (χ2v) is 8.33. The third-order valence-electron chi connectivity index (χ3n) is 6.98. The van der Waals surface area contributed by atoms with Crippen LogP contribution in [0.5, 0.6) is 11.6 Å². The lowest BCUT2D eigenvalue weighted by Gasteiger charge is -2.52. The van der Waals surface area contributed by atoms with Gasteiger partial charge >= 0.3 is 0 Å². The van der Waals surface area contributed by atoms with E-state index in [1.165, 1.54) is 44.1 Å². The predicted molar refractivity (Wildman–Crippen MR) is 107 cm³/mol. The molecule has 2 fully saturated rings. The van der Waals surface area contributed by atoms with Crippen molar-refractivity contribution in [2.45, 2.75) is 64.2 Å². The zero-order chi connectivity index (χ0) is 18.9. The van der Waals surface area contributed by atoms with Crippen LogP contribution >= 0.6 is 0 Å². The van der Waals surface area contributed by atoms with Gasteiger partial charge in [0.15, 0.2) is 5.78 Å². The number of hydrogen-bond donors (Lipinski definition) is 0. The fourth-order valence-electron chi connectivity index (χ4n) is 5.33. The first-order chi connectivity index (χ1) is 13.1. The second kappa shape index (κ2) is 7.46. The quantitative estimate of drug-likeness (QED) is 0.583. The molecule has 142 valence electrons. The summed E-state index contributed by atoms with van der Waals surface area (Å²) in [5.74, 6) is 3.07. The molecule has 1 heterocycles. The number of benzene rings is 1. The highest BCUT2D eigenvalue weighted by Crippen LogP contribution is 2.54. The summed E-state index contributed by atoms with van der Waals surface area (Å²) < 4.78 is 5.89. The Kier molecular flexibility index (Phi) is 5.03. The van der Waals surface area contributed by atoms with Gasteiger partial charge in [0.2, 0.25) is 5.88 Å². The maximum absolute atomic E-state index is 11.7. The highest BCUT2D eigenvalue weighted by molar-refractivity contribution is 5.95. The van der Waals surface area contributed by atoms with E-state index in [0.717, 1.165) is 17.6 Å². The maximum atomic E-state index is 11.7. The Balaban J connectivity index is 1.50. The van der Waals surface area contributed by atoms with Gasteiger partial charge in [0.05, 0.1) is 0 Å². The number of rotatable bonds is 5. The van der Waals surface area contributed by atoms with Crippen molar-refractivity contribution in [2.24, 2.45) is 11.8 Å². The summed E-state index contributed by atoms with van der Waals surface area (Å²) in [6.45, 7) is 4.34. The monoisotopic (exact) mass is 363 g/mol. The van der Waals surface area contributed by atoms with Crippen LogP contribution in [0.3, 0.4) is 0 Å². The van der Waals surface area contributed by atoms with Gasteiger partial charge in [-0.25, -0.2) is 4.98 Å². The van der Waals surface area contributed by atoms with E-state index in [1.54, 1.807) is 18.3 Å². The second-order valence-electron chi connectivity index (χ2n) is 8.33. The van der Waals surface area contributed by atoms with Crippen LogP contribution in [0.15, 0.2) is 42.6 Å². The molecule has 0 saturated heterocycles. The standard InChI is InChI=1S/C24H29NO2/c1-3-22(26)17-10-15-23(25-16-17)27-21-13-11-20(12-14-21)24(2)18-6-4-7-19(24)9-5-8-18/h10-16,18-19H,3-9H2,1-2H3. The lowest BCUT2D eigenvalue weighted by atomic mass is 9.53. The summed E-state index contributed by atoms with van der Waals surface area (Å²) >= 11 is 0. The van der Waals surface area contributed by atoms with Gasteiger partial charge in [-0.2, -0.15) is 0 Å².